The third kappa shape index (κ3) is 3.94. The third-order valence-corrected chi connectivity index (χ3v) is 4.51. The predicted molar refractivity (Wildman–Crippen MR) is 106 cm³/mol. The molecule has 0 saturated heterocycles. The molecule has 2 aromatic rings. The van der Waals surface area contributed by atoms with Crippen LogP contribution in [-0.2, 0) is 9.59 Å². The predicted octanol–water partition coefficient (Wildman–Crippen LogP) is 5.85. The van der Waals surface area contributed by atoms with E-state index in [0.717, 1.165) is 16.8 Å². The number of rotatable bonds is 4. The maximum Gasteiger partial charge on any atom is 0.310 e. The van der Waals surface area contributed by atoms with Crippen molar-refractivity contribution in [2.24, 2.45) is 0 Å². The van der Waals surface area contributed by atoms with Gasteiger partial charge in [-0.1, -0.05) is 35.7 Å². The number of allylic oxidation sites excluding steroid dienone is 1. The molecule has 1 amide bonds. The van der Waals surface area contributed by atoms with Crippen molar-refractivity contribution in [2.75, 3.05) is 5.32 Å². The molecule has 0 radical (unpaired) electrons. The summed E-state index contributed by atoms with van der Waals surface area (Å²) < 4.78 is 11.0. The van der Waals surface area contributed by atoms with Crippen LogP contribution in [-0.4, -0.2) is 11.9 Å². The number of nitrogens with one attached hydrogen (secondary N) is 1. The van der Waals surface area contributed by atoms with Crippen molar-refractivity contribution in [3.8, 4) is 17.2 Å². The van der Waals surface area contributed by atoms with Crippen LogP contribution in [0.4, 0.5) is 5.69 Å². The molecule has 27 heavy (non-hydrogen) atoms. The number of carbonyl (C=O) groups excluding carboxylic acids is 2. The van der Waals surface area contributed by atoms with Crippen molar-refractivity contribution in [1.82, 2.24) is 0 Å². The Labute approximate surface area is 166 Å². The number of esters is 1. The Hall–Kier alpha value is -2.50. The molecule has 3 rings (SSSR count). The molecule has 0 spiro atoms. The van der Waals surface area contributed by atoms with Crippen molar-refractivity contribution in [3.63, 3.8) is 0 Å². The van der Waals surface area contributed by atoms with Gasteiger partial charge in [-0.05, 0) is 32.0 Å². The first-order valence-electron chi connectivity index (χ1n) is 8.31. The van der Waals surface area contributed by atoms with E-state index in [-0.39, 0.29) is 39.8 Å². The van der Waals surface area contributed by atoms with Crippen LogP contribution < -0.4 is 14.8 Å². The minimum absolute atomic E-state index is 0.139. The second-order valence-corrected chi connectivity index (χ2v) is 7.00. The molecule has 0 aromatic heterocycles. The molecule has 0 atom stereocenters. The number of fused-ring (bicyclic) bond motifs is 1. The first-order chi connectivity index (χ1) is 12.8. The highest BCUT2D eigenvalue weighted by Crippen LogP contribution is 2.42. The van der Waals surface area contributed by atoms with Gasteiger partial charge in [-0.15, -0.1) is 0 Å². The molecule has 2 aromatic carbocycles. The fourth-order valence-electron chi connectivity index (χ4n) is 2.72. The Kier molecular flexibility index (Phi) is 5.44. The summed E-state index contributed by atoms with van der Waals surface area (Å²) in [5, 5.41) is 3.23. The highest BCUT2D eigenvalue weighted by molar-refractivity contribution is 6.37. The molecular formula is C20H17Cl2NO4. The molecule has 0 unspecified atom stereocenters. The fraction of sp³-hybridized carbons (Fsp3) is 0.200. The summed E-state index contributed by atoms with van der Waals surface area (Å²) in [6.07, 6.45) is 0.238. The lowest BCUT2D eigenvalue weighted by molar-refractivity contribution is -0.134. The van der Waals surface area contributed by atoms with Crippen LogP contribution in [0.5, 0.6) is 17.2 Å². The normalized spacial score (nSPS) is 12.5. The topological polar surface area (TPSA) is 64.6 Å². The summed E-state index contributed by atoms with van der Waals surface area (Å²) in [4.78, 5) is 23.5. The highest BCUT2D eigenvalue weighted by atomic mass is 35.5. The van der Waals surface area contributed by atoms with Crippen LogP contribution >= 0.6 is 23.2 Å². The average molecular weight is 406 g/mol. The molecule has 0 fully saturated rings. The highest BCUT2D eigenvalue weighted by Gasteiger charge is 2.26. The number of benzene rings is 2. The molecule has 0 aliphatic carbocycles. The van der Waals surface area contributed by atoms with Gasteiger partial charge in [0.1, 0.15) is 11.5 Å². The molecule has 1 aliphatic rings. The van der Waals surface area contributed by atoms with Crippen LogP contribution in [0.15, 0.2) is 35.9 Å². The second kappa shape index (κ2) is 7.62. The quantitative estimate of drug-likeness (QED) is 0.393. The van der Waals surface area contributed by atoms with E-state index in [2.05, 4.69) is 5.32 Å². The molecule has 140 valence electrons. The number of anilines is 1. The SMILES string of the molecule is CCC(=O)Oc1cc(Cl)c(Oc2ccc3c(c2)C(=C(C)C)C(=O)N3)c(Cl)c1. The largest absolute Gasteiger partial charge is 0.454 e. The zero-order valence-electron chi connectivity index (χ0n) is 15.0. The number of ether oxygens (including phenoxy) is 2. The smallest absolute Gasteiger partial charge is 0.310 e. The zero-order chi connectivity index (χ0) is 19.7. The molecule has 0 saturated carbocycles. The van der Waals surface area contributed by atoms with Crippen LogP contribution in [0.25, 0.3) is 5.57 Å². The third-order valence-electron chi connectivity index (χ3n) is 3.95. The minimum Gasteiger partial charge on any atom is -0.454 e. The van der Waals surface area contributed by atoms with Crippen LogP contribution in [0.1, 0.15) is 32.8 Å². The minimum atomic E-state index is -0.388. The van der Waals surface area contributed by atoms with Crippen molar-refractivity contribution in [2.45, 2.75) is 27.2 Å². The number of hydrogen-bond donors (Lipinski definition) is 1. The van der Waals surface area contributed by atoms with Crippen LogP contribution in [0, 0.1) is 0 Å². The van der Waals surface area contributed by atoms with Gasteiger partial charge in [0.2, 0.25) is 0 Å². The summed E-state index contributed by atoms with van der Waals surface area (Å²) in [5.41, 5.74) is 3.01. The Morgan fingerprint density at radius 3 is 2.33 bits per heavy atom. The van der Waals surface area contributed by atoms with E-state index in [9.17, 15) is 9.59 Å². The number of halogens is 2. The zero-order valence-corrected chi connectivity index (χ0v) is 16.5. The van der Waals surface area contributed by atoms with Gasteiger partial charge in [0, 0.05) is 35.4 Å². The summed E-state index contributed by atoms with van der Waals surface area (Å²) in [6.45, 7) is 5.44. The van der Waals surface area contributed by atoms with E-state index in [4.69, 9.17) is 32.7 Å². The van der Waals surface area contributed by atoms with E-state index in [1.165, 1.54) is 12.1 Å². The molecule has 0 bridgehead atoms. The van der Waals surface area contributed by atoms with Crippen molar-refractivity contribution >= 4 is 46.3 Å². The summed E-state index contributed by atoms with van der Waals surface area (Å²) in [5.74, 6) is 0.442. The summed E-state index contributed by atoms with van der Waals surface area (Å²) in [6, 6.07) is 8.17. The van der Waals surface area contributed by atoms with Gasteiger partial charge in [-0.25, -0.2) is 0 Å². The van der Waals surface area contributed by atoms with E-state index in [1.54, 1.807) is 25.1 Å². The average Bonchev–Trinajstić information content (AvgIpc) is 2.93. The van der Waals surface area contributed by atoms with Gasteiger partial charge < -0.3 is 14.8 Å². The van der Waals surface area contributed by atoms with Gasteiger partial charge in [-0.2, -0.15) is 0 Å². The lowest BCUT2D eigenvalue weighted by Gasteiger charge is -2.12. The number of hydrogen-bond acceptors (Lipinski definition) is 4. The molecular weight excluding hydrogens is 389 g/mol. The van der Waals surface area contributed by atoms with Crippen molar-refractivity contribution in [3.05, 3.63) is 51.5 Å². The van der Waals surface area contributed by atoms with E-state index in [1.807, 2.05) is 13.8 Å². The molecule has 1 heterocycles. The monoisotopic (exact) mass is 405 g/mol. The standard InChI is InChI=1S/C20H17Cl2NO4/c1-4-17(24)26-12-8-14(21)19(15(22)9-12)27-11-5-6-16-13(7-11)18(10(2)3)20(25)23-16/h5-9H,4H2,1-3H3,(H,23,25). The van der Waals surface area contributed by atoms with Gasteiger partial charge in [0.25, 0.3) is 5.91 Å². The molecule has 5 nitrogen and oxygen atoms in total. The van der Waals surface area contributed by atoms with Gasteiger partial charge >= 0.3 is 5.97 Å². The lowest BCUT2D eigenvalue weighted by Crippen LogP contribution is -2.05. The maximum absolute atomic E-state index is 12.1. The van der Waals surface area contributed by atoms with Crippen LogP contribution in [0.3, 0.4) is 0 Å². The fourth-order valence-corrected chi connectivity index (χ4v) is 3.26. The van der Waals surface area contributed by atoms with E-state index >= 15 is 0 Å². The van der Waals surface area contributed by atoms with Crippen LogP contribution in [0.2, 0.25) is 10.0 Å². The Morgan fingerprint density at radius 2 is 1.74 bits per heavy atom. The van der Waals surface area contributed by atoms with Gasteiger partial charge in [0.15, 0.2) is 5.75 Å². The van der Waals surface area contributed by atoms with Crippen molar-refractivity contribution in [1.29, 1.82) is 0 Å². The summed E-state index contributed by atoms with van der Waals surface area (Å²) in [7, 11) is 0. The Morgan fingerprint density at radius 1 is 1.07 bits per heavy atom. The van der Waals surface area contributed by atoms with E-state index in [0.29, 0.717) is 11.3 Å². The molecule has 1 N–H and O–H groups in total. The number of amides is 1. The van der Waals surface area contributed by atoms with E-state index < -0.39 is 0 Å². The Bertz CT molecular complexity index is 955. The van der Waals surface area contributed by atoms with Gasteiger partial charge in [0.05, 0.1) is 10.0 Å². The lowest BCUT2D eigenvalue weighted by atomic mass is 10.0. The number of carbonyl (C=O) groups is 2. The molecule has 1 aliphatic heterocycles. The molecule has 7 heteroatoms. The van der Waals surface area contributed by atoms with Crippen molar-refractivity contribution < 1.29 is 19.1 Å². The Balaban J connectivity index is 1.92. The second-order valence-electron chi connectivity index (χ2n) is 6.18. The first-order valence-corrected chi connectivity index (χ1v) is 9.06. The van der Waals surface area contributed by atoms with Gasteiger partial charge in [-0.3, -0.25) is 9.59 Å². The maximum atomic E-state index is 12.1. The first kappa shape index (κ1) is 19.3. The summed E-state index contributed by atoms with van der Waals surface area (Å²) >= 11 is 12.5.